The Balaban J connectivity index is 2.10. The minimum atomic E-state index is -1.07. The highest BCUT2D eigenvalue weighted by molar-refractivity contribution is 5.68. The Morgan fingerprint density at radius 1 is 1.53 bits per heavy atom. The number of ether oxygens (including phenoxy) is 1. The van der Waals surface area contributed by atoms with E-state index in [-0.39, 0.29) is 18.3 Å². The molecule has 0 amide bonds. The van der Waals surface area contributed by atoms with Crippen LogP contribution in [0.4, 0.5) is 4.39 Å². The number of carbonyl (C=O) groups is 1. The van der Waals surface area contributed by atoms with Gasteiger partial charge in [0.2, 0.25) is 5.82 Å². The van der Waals surface area contributed by atoms with Gasteiger partial charge in [-0.3, -0.25) is 0 Å². The third-order valence-corrected chi connectivity index (χ3v) is 2.35. The Kier molecular flexibility index (Phi) is 3.86. The van der Waals surface area contributed by atoms with E-state index in [2.05, 4.69) is 10.1 Å². The summed E-state index contributed by atoms with van der Waals surface area (Å²) in [7, 11) is 0. The largest absolute Gasteiger partial charge is 0.480 e. The van der Waals surface area contributed by atoms with Crippen LogP contribution in [-0.2, 0) is 16.1 Å². The van der Waals surface area contributed by atoms with Crippen LogP contribution in [0.5, 0.6) is 0 Å². The molecule has 0 aliphatic rings. The number of carboxylic acid groups (broad SMARTS) is 1. The number of carboxylic acids is 1. The zero-order valence-electron chi connectivity index (χ0n) is 10.1. The molecule has 0 radical (unpaired) electrons. The number of hydrogen-bond donors (Lipinski definition) is 1. The van der Waals surface area contributed by atoms with Crippen LogP contribution in [0.1, 0.15) is 11.5 Å². The number of nitrogens with zero attached hydrogens (tertiary/aromatic N) is 2. The lowest BCUT2D eigenvalue weighted by atomic mass is 10.1. The molecule has 2 rings (SSSR count). The number of halogens is 1. The Morgan fingerprint density at radius 3 is 3.00 bits per heavy atom. The topological polar surface area (TPSA) is 85.5 Å². The van der Waals surface area contributed by atoms with Gasteiger partial charge < -0.3 is 14.4 Å². The molecular formula is C12H11FN2O4. The van der Waals surface area contributed by atoms with E-state index in [9.17, 15) is 9.18 Å². The lowest BCUT2D eigenvalue weighted by Crippen LogP contribution is -2.06. The quantitative estimate of drug-likeness (QED) is 0.887. The van der Waals surface area contributed by atoms with E-state index in [0.29, 0.717) is 17.0 Å². The average Bonchev–Trinajstić information content (AvgIpc) is 2.77. The second-order valence-corrected chi connectivity index (χ2v) is 3.86. The maximum Gasteiger partial charge on any atom is 0.329 e. The van der Waals surface area contributed by atoms with Gasteiger partial charge >= 0.3 is 5.97 Å². The molecule has 100 valence electrons. The normalized spacial score (nSPS) is 10.6. The van der Waals surface area contributed by atoms with Gasteiger partial charge in [-0.25, -0.2) is 9.18 Å². The van der Waals surface area contributed by atoms with E-state index in [0.717, 1.165) is 0 Å². The van der Waals surface area contributed by atoms with E-state index in [1.807, 2.05) is 0 Å². The molecule has 0 aliphatic carbocycles. The molecule has 0 aliphatic heterocycles. The zero-order valence-corrected chi connectivity index (χ0v) is 10.1. The first-order chi connectivity index (χ1) is 9.06. The van der Waals surface area contributed by atoms with Crippen LogP contribution >= 0.6 is 0 Å². The molecule has 0 unspecified atom stereocenters. The van der Waals surface area contributed by atoms with Gasteiger partial charge in [-0.1, -0.05) is 5.16 Å². The van der Waals surface area contributed by atoms with Crippen molar-refractivity contribution in [1.29, 1.82) is 0 Å². The molecule has 6 nitrogen and oxygen atoms in total. The zero-order chi connectivity index (χ0) is 13.8. The van der Waals surface area contributed by atoms with Crippen LogP contribution in [0.3, 0.4) is 0 Å². The summed E-state index contributed by atoms with van der Waals surface area (Å²) in [6, 6.07) is 4.23. The minimum Gasteiger partial charge on any atom is -0.480 e. The van der Waals surface area contributed by atoms with Crippen molar-refractivity contribution >= 4 is 5.97 Å². The lowest BCUT2D eigenvalue weighted by molar-refractivity contribution is -0.142. The fraction of sp³-hybridized carbons (Fsp3) is 0.250. The Bertz CT molecular complexity index is 597. The average molecular weight is 266 g/mol. The predicted octanol–water partition coefficient (Wildman–Crippen LogP) is 1.79. The van der Waals surface area contributed by atoms with E-state index in [1.54, 1.807) is 13.0 Å². The summed E-state index contributed by atoms with van der Waals surface area (Å²) in [5.41, 5.74) is 1.33. The summed E-state index contributed by atoms with van der Waals surface area (Å²) in [6.07, 6.45) is 0. The SMILES string of the molecule is Cc1cc(F)ccc1-c1noc(COCC(=O)O)n1. The van der Waals surface area contributed by atoms with Crippen molar-refractivity contribution < 1.29 is 23.6 Å². The monoisotopic (exact) mass is 266 g/mol. The van der Waals surface area contributed by atoms with Gasteiger partial charge in [-0.2, -0.15) is 4.98 Å². The van der Waals surface area contributed by atoms with Crippen molar-refractivity contribution in [2.24, 2.45) is 0 Å². The molecular weight excluding hydrogens is 255 g/mol. The smallest absolute Gasteiger partial charge is 0.329 e. The molecule has 0 atom stereocenters. The van der Waals surface area contributed by atoms with Crippen LogP contribution in [-0.4, -0.2) is 27.8 Å². The number of aromatic nitrogens is 2. The van der Waals surface area contributed by atoms with Crippen molar-refractivity contribution in [3.63, 3.8) is 0 Å². The molecule has 0 bridgehead atoms. The van der Waals surface area contributed by atoms with Crippen LogP contribution in [0, 0.1) is 12.7 Å². The Hall–Kier alpha value is -2.28. The van der Waals surface area contributed by atoms with Crippen LogP contribution in [0.25, 0.3) is 11.4 Å². The molecule has 0 saturated heterocycles. The van der Waals surface area contributed by atoms with Crippen molar-refractivity contribution in [3.8, 4) is 11.4 Å². The highest BCUT2D eigenvalue weighted by Crippen LogP contribution is 2.21. The van der Waals surface area contributed by atoms with Crippen molar-refractivity contribution in [2.75, 3.05) is 6.61 Å². The summed E-state index contributed by atoms with van der Waals surface area (Å²) >= 11 is 0. The van der Waals surface area contributed by atoms with Gasteiger partial charge in [0.1, 0.15) is 19.0 Å². The molecule has 0 spiro atoms. The minimum absolute atomic E-state index is 0.0838. The van der Waals surface area contributed by atoms with E-state index in [1.165, 1.54) is 12.1 Å². The summed E-state index contributed by atoms with van der Waals surface area (Å²) in [5, 5.41) is 12.1. The maximum atomic E-state index is 13.0. The van der Waals surface area contributed by atoms with Crippen LogP contribution in [0.15, 0.2) is 22.7 Å². The summed E-state index contributed by atoms with van der Waals surface area (Å²) < 4.78 is 22.7. The highest BCUT2D eigenvalue weighted by Gasteiger charge is 2.11. The molecule has 7 heteroatoms. The second kappa shape index (κ2) is 5.57. The first kappa shape index (κ1) is 13.2. The van der Waals surface area contributed by atoms with Gasteiger partial charge in [0.25, 0.3) is 5.89 Å². The van der Waals surface area contributed by atoms with E-state index >= 15 is 0 Å². The summed E-state index contributed by atoms with van der Waals surface area (Å²) in [5.74, 6) is -0.935. The fourth-order valence-corrected chi connectivity index (χ4v) is 1.53. The molecule has 1 aromatic heterocycles. The predicted molar refractivity (Wildman–Crippen MR) is 61.7 cm³/mol. The molecule has 0 saturated carbocycles. The van der Waals surface area contributed by atoms with E-state index < -0.39 is 12.6 Å². The standard InChI is InChI=1S/C12H11FN2O4/c1-7-4-8(13)2-3-9(7)12-14-10(19-15-12)5-18-6-11(16)17/h2-4H,5-6H2,1H3,(H,16,17). The number of rotatable bonds is 5. The molecule has 2 aromatic rings. The molecule has 1 aromatic carbocycles. The fourth-order valence-electron chi connectivity index (χ4n) is 1.53. The van der Waals surface area contributed by atoms with Crippen LogP contribution < -0.4 is 0 Å². The van der Waals surface area contributed by atoms with Crippen LogP contribution in [0.2, 0.25) is 0 Å². The van der Waals surface area contributed by atoms with Gasteiger partial charge in [-0.15, -0.1) is 0 Å². The van der Waals surface area contributed by atoms with Gasteiger partial charge in [0, 0.05) is 5.56 Å². The summed E-state index contributed by atoms with van der Waals surface area (Å²) in [6.45, 7) is 1.21. The third kappa shape index (κ3) is 3.35. The maximum absolute atomic E-state index is 13.0. The van der Waals surface area contributed by atoms with Crippen molar-refractivity contribution in [3.05, 3.63) is 35.5 Å². The van der Waals surface area contributed by atoms with Crippen molar-refractivity contribution in [1.82, 2.24) is 10.1 Å². The third-order valence-electron chi connectivity index (χ3n) is 2.35. The number of aryl methyl sites for hydroxylation is 1. The Labute approximate surface area is 107 Å². The summed E-state index contributed by atoms with van der Waals surface area (Å²) in [4.78, 5) is 14.3. The highest BCUT2D eigenvalue weighted by atomic mass is 19.1. The van der Waals surface area contributed by atoms with Gasteiger partial charge in [0.15, 0.2) is 0 Å². The molecule has 19 heavy (non-hydrogen) atoms. The lowest BCUT2D eigenvalue weighted by Gasteiger charge is -1.99. The van der Waals surface area contributed by atoms with Crippen molar-refractivity contribution in [2.45, 2.75) is 13.5 Å². The second-order valence-electron chi connectivity index (χ2n) is 3.86. The number of benzene rings is 1. The van der Waals surface area contributed by atoms with Gasteiger partial charge in [0.05, 0.1) is 0 Å². The molecule has 1 heterocycles. The first-order valence-electron chi connectivity index (χ1n) is 5.45. The Morgan fingerprint density at radius 2 is 2.32 bits per heavy atom. The first-order valence-corrected chi connectivity index (χ1v) is 5.45. The molecule has 1 N–H and O–H groups in total. The number of hydrogen-bond acceptors (Lipinski definition) is 5. The molecule has 0 fully saturated rings. The van der Waals surface area contributed by atoms with E-state index in [4.69, 9.17) is 14.4 Å². The number of aliphatic carboxylic acids is 1. The van der Waals surface area contributed by atoms with Gasteiger partial charge in [-0.05, 0) is 30.7 Å².